The molecule has 0 unspecified atom stereocenters. The molecule has 0 spiro atoms. The second-order valence-corrected chi connectivity index (χ2v) is 7.96. The molecule has 0 aliphatic carbocycles. The standard InChI is InChI=1S/C23H21N3O3S/c1-15-24-20-14-18(10-11-21(20)29-15)26-23(28)16-5-2-6-17(13-16)25-22(27)9-3-7-19-8-4-12-30-19/h2,4-6,8,10-14H,3,7,9H2,1H3,(H,25,27)(H,26,28). The molecule has 0 radical (unpaired) electrons. The minimum absolute atomic E-state index is 0.0593. The Morgan fingerprint density at radius 3 is 2.73 bits per heavy atom. The van der Waals surface area contributed by atoms with Gasteiger partial charge in [-0.3, -0.25) is 9.59 Å². The van der Waals surface area contributed by atoms with Crippen LogP contribution in [0.4, 0.5) is 11.4 Å². The fourth-order valence-corrected chi connectivity index (χ4v) is 3.91. The number of thiophene rings is 1. The molecule has 0 saturated carbocycles. The first-order valence-electron chi connectivity index (χ1n) is 9.68. The van der Waals surface area contributed by atoms with Gasteiger partial charge in [-0.15, -0.1) is 11.3 Å². The van der Waals surface area contributed by atoms with E-state index in [0.717, 1.165) is 12.8 Å². The Hall–Kier alpha value is -3.45. The molecular weight excluding hydrogens is 398 g/mol. The summed E-state index contributed by atoms with van der Waals surface area (Å²) >= 11 is 1.70. The predicted molar refractivity (Wildman–Crippen MR) is 119 cm³/mol. The fraction of sp³-hybridized carbons (Fsp3) is 0.174. The van der Waals surface area contributed by atoms with E-state index in [9.17, 15) is 9.59 Å². The quantitative estimate of drug-likeness (QED) is 0.419. The lowest BCUT2D eigenvalue weighted by molar-refractivity contribution is -0.116. The second-order valence-electron chi connectivity index (χ2n) is 6.93. The van der Waals surface area contributed by atoms with Crippen LogP contribution in [-0.2, 0) is 11.2 Å². The Balaban J connectivity index is 1.35. The number of amides is 2. The van der Waals surface area contributed by atoms with Crippen LogP contribution in [0.1, 0.15) is 34.0 Å². The van der Waals surface area contributed by atoms with Crippen molar-refractivity contribution in [2.24, 2.45) is 0 Å². The van der Waals surface area contributed by atoms with Crippen LogP contribution in [0.5, 0.6) is 0 Å². The third-order valence-corrected chi connectivity index (χ3v) is 5.50. The molecular formula is C23H21N3O3S. The monoisotopic (exact) mass is 419 g/mol. The molecule has 2 amide bonds. The van der Waals surface area contributed by atoms with Crippen molar-refractivity contribution < 1.29 is 14.0 Å². The molecule has 0 fully saturated rings. The van der Waals surface area contributed by atoms with Gasteiger partial charge in [0.25, 0.3) is 5.91 Å². The zero-order valence-electron chi connectivity index (χ0n) is 16.5. The van der Waals surface area contributed by atoms with Crippen molar-refractivity contribution in [2.75, 3.05) is 10.6 Å². The van der Waals surface area contributed by atoms with E-state index >= 15 is 0 Å². The maximum absolute atomic E-state index is 12.6. The van der Waals surface area contributed by atoms with E-state index in [2.05, 4.69) is 21.7 Å². The largest absolute Gasteiger partial charge is 0.441 e. The van der Waals surface area contributed by atoms with E-state index in [4.69, 9.17) is 4.42 Å². The number of fused-ring (bicyclic) bond motifs is 1. The van der Waals surface area contributed by atoms with Crippen molar-refractivity contribution in [2.45, 2.75) is 26.2 Å². The average Bonchev–Trinajstić information content (AvgIpc) is 3.36. The Morgan fingerprint density at radius 2 is 1.90 bits per heavy atom. The third-order valence-electron chi connectivity index (χ3n) is 4.57. The lowest BCUT2D eigenvalue weighted by Crippen LogP contribution is -2.14. The highest BCUT2D eigenvalue weighted by Crippen LogP contribution is 2.21. The number of nitrogens with one attached hydrogen (secondary N) is 2. The maximum Gasteiger partial charge on any atom is 0.255 e. The van der Waals surface area contributed by atoms with Gasteiger partial charge in [0, 0.05) is 35.2 Å². The Bertz CT molecular complexity index is 1180. The zero-order chi connectivity index (χ0) is 20.9. The highest BCUT2D eigenvalue weighted by atomic mass is 32.1. The molecule has 0 atom stereocenters. The number of benzene rings is 2. The number of hydrogen-bond acceptors (Lipinski definition) is 5. The first-order valence-corrected chi connectivity index (χ1v) is 10.6. The van der Waals surface area contributed by atoms with Gasteiger partial charge in [-0.2, -0.15) is 0 Å². The van der Waals surface area contributed by atoms with E-state index < -0.39 is 0 Å². The van der Waals surface area contributed by atoms with Crippen molar-refractivity contribution in [3.63, 3.8) is 0 Å². The van der Waals surface area contributed by atoms with Crippen LogP contribution in [0.25, 0.3) is 11.1 Å². The van der Waals surface area contributed by atoms with E-state index in [1.165, 1.54) is 4.88 Å². The van der Waals surface area contributed by atoms with E-state index in [1.807, 2.05) is 11.4 Å². The molecule has 152 valence electrons. The SMILES string of the molecule is Cc1nc2cc(NC(=O)c3cccc(NC(=O)CCCc4cccs4)c3)ccc2o1. The fourth-order valence-electron chi connectivity index (χ4n) is 3.16. The van der Waals surface area contributed by atoms with Crippen molar-refractivity contribution in [3.8, 4) is 0 Å². The first-order chi connectivity index (χ1) is 14.6. The summed E-state index contributed by atoms with van der Waals surface area (Å²) < 4.78 is 5.45. The molecule has 2 aromatic heterocycles. The van der Waals surface area contributed by atoms with Gasteiger partial charge in [-0.05, 0) is 60.7 Å². The molecule has 0 bridgehead atoms. The summed E-state index contributed by atoms with van der Waals surface area (Å²) in [7, 11) is 0. The van der Waals surface area contributed by atoms with Gasteiger partial charge in [0.05, 0.1) is 0 Å². The number of aryl methyl sites for hydroxylation is 2. The number of hydrogen-bond donors (Lipinski definition) is 2. The minimum atomic E-state index is -0.261. The summed E-state index contributed by atoms with van der Waals surface area (Å²) in [6.07, 6.45) is 2.12. The van der Waals surface area contributed by atoms with Gasteiger partial charge in [0.15, 0.2) is 11.5 Å². The summed E-state index contributed by atoms with van der Waals surface area (Å²) in [6.45, 7) is 1.78. The molecule has 2 aromatic carbocycles. The number of nitrogens with zero attached hydrogens (tertiary/aromatic N) is 1. The van der Waals surface area contributed by atoms with Crippen LogP contribution >= 0.6 is 11.3 Å². The molecule has 2 heterocycles. The molecule has 0 saturated heterocycles. The minimum Gasteiger partial charge on any atom is -0.441 e. The highest BCUT2D eigenvalue weighted by Gasteiger charge is 2.10. The van der Waals surface area contributed by atoms with Crippen molar-refractivity contribution >= 4 is 45.6 Å². The topological polar surface area (TPSA) is 84.2 Å². The molecule has 30 heavy (non-hydrogen) atoms. The second kappa shape index (κ2) is 8.92. The molecule has 0 aliphatic rings. The number of anilines is 2. The predicted octanol–water partition coefficient (Wildman–Crippen LogP) is 5.41. The molecule has 6 nitrogen and oxygen atoms in total. The van der Waals surface area contributed by atoms with Gasteiger partial charge < -0.3 is 15.1 Å². The first kappa shape index (κ1) is 19.8. The summed E-state index contributed by atoms with van der Waals surface area (Å²) in [5, 5.41) is 7.77. The summed E-state index contributed by atoms with van der Waals surface area (Å²) in [5.41, 5.74) is 3.06. The van der Waals surface area contributed by atoms with Crippen molar-refractivity contribution in [1.82, 2.24) is 4.98 Å². The van der Waals surface area contributed by atoms with E-state index in [-0.39, 0.29) is 11.8 Å². The van der Waals surface area contributed by atoms with E-state index in [1.54, 1.807) is 60.7 Å². The normalized spacial score (nSPS) is 10.8. The summed E-state index contributed by atoms with van der Waals surface area (Å²) in [4.78, 5) is 30.4. The lowest BCUT2D eigenvalue weighted by atomic mass is 10.1. The lowest BCUT2D eigenvalue weighted by Gasteiger charge is -2.08. The summed E-state index contributed by atoms with van der Waals surface area (Å²) in [6, 6.07) is 16.3. The van der Waals surface area contributed by atoms with Gasteiger partial charge >= 0.3 is 0 Å². The Labute approximate surface area is 177 Å². The van der Waals surface area contributed by atoms with Crippen LogP contribution in [0, 0.1) is 6.92 Å². The van der Waals surface area contributed by atoms with Gasteiger partial charge in [-0.25, -0.2) is 4.98 Å². The summed E-state index contributed by atoms with van der Waals surface area (Å²) in [5.74, 6) is 0.256. The number of aromatic nitrogens is 1. The van der Waals surface area contributed by atoms with Gasteiger partial charge in [0.2, 0.25) is 5.91 Å². The third kappa shape index (κ3) is 4.93. The Kier molecular flexibility index (Phi) is 5.90. The molecule has 2 N–H and O–H groups in total. The number of carbonyl (C=O) groups excluding carboxylic acids is 2. The number of rotatable bonds is 7. The molecule has 0 aliphatic heterocycles. The van der Waals surface area contributed by atoms with Gasteiger partial charge in [0.1, 0.15) is 5.52 Å². The van der Waals surface area contributed by atoms with Crippen LogP contribution < -0.4 is 10.6 Å². The zero-order valence-corrected chi connectivity index (χ0v) is 17.3. The van der Waals surface area contributed by atoms with Crippen molar-refractivity contribution in [3.05, 3.63) is 76.3 Å². The molecule has 4 aromatic rings. The molecule has 7 heteroatoms. The van der Waals surface area contributed by atoms with E-state index in [0.29, 0.717) is 40.3 Å². The van der Waals surface area contributed by atoms with Crippen LogP contribution in [0.15, 0.2) is 64.4 Å². The maximum atomic E-state index is 12.6. The average molecular weight is 420 g/mol. The van der Waals surface area contributed by atoms with Crippen LogP contribution in [0.2, 0.25) is 0 Å². The highest BCUT2D eigenvalue weighted by molar-refractivity contribution is 7.09. The Morgan fingerprint density at radius 1 is 1.03 bits per heavy atom. The van der Waals surface area contributed by atoms with Crippen LogP contribution in [-0.4, -0.2) is 16.8 Å². The van der Waals surface area contributed by atoms with Crippen molar-refractivity contribution in [1.29, 1.82) is 0 Å². The molecule has 4 rings (SSSR count). The number of carbonyl (C=O) groups is 2. The number of oxazole rings is 1. The van der Waals surface area contributed by atoms with Crippen LogP contribution in [0.3, 0.4) is 0 Å². The van der Waals surface area contributed by atoms with Gasteiger partial charge in [-0.1, -0.05) is 12.1 Å². The smallest absolute Gasteiger partial charge is 0.255 e.